The Kier molecular flexibility index (Phi) is 3.63. The maximum atomic E-state index is 6.29. The van der Waals surface area contributed by atoms with E-state index in [4.69, 9.17) is 11.6 Å². The minimum Gasteiger partial charge on any atom is -0.0844 e. The van der Waals surface area contributed by atoms with Crippen LogP contribution in [0.5, 0.6) is 0 Å². The third kappa shape index (κ3) is 2.65. The first-order valence-corrected chi connectivity index (χ1v) is 5.93. The van der Waals surface area contributed by atoms with Crippen molar-refractivity contribution in [3.63, 3.8) is 0 Å². The second-order valence-corrected chi connectivity index (χ2v) is 4.39. The lowest BCUT2D eigenvalue weighted by atomic mass is 10.0. The lowest BCUT2D eigenvalue weighted by Crippen LogP contribution is -1.87. The Labute approximate surface area is 102 Å². The first kappa shape index (κ1) is 11.2. The molecule has 0 saturated carbocycles. The highest BCUT2D eigenvalue weighted by Gasteiger charge is 2.05. The van der Waals surface area contributed by atoms with Crippen LogP contribution in [0.15, 0.2) is 53.6 Å². The molecular weight excluding hydrogens is 216 g/mol. The molecule has 0 atom stereocenters. The summed E-state index contributed by atoms with van der Waals surface area (Å²) >= 11 is 6.29. The molecule has 0 amide bonds. The van der Waals surface area contributed by atoms with Crippen molar-refractivity contribution in [3.05, 3.63) is 64.7 Å². The summed E-state index contributed by atoms with van der Waals surface area (Å²) in [5.41, 5.74) is 3.61. The Morgan fingerprint density at radius 1 is 0.938 bits per heavy atom. The summed E-state index contributed by atoms with van der Waals surface area (Å²) in [7, 11) is 0. The fraction of sp³-hybridized carbons (Fsp3) is 0.200. The zero-order valence-corrected chi connectivity index (χ0v) is 10.2. The minimum absolute atomic E-state index is 0.855. The van der Waals surface area contributed by atoms with Crippen LogP contribution in [0.3, 0.4) is 0 Å². The van der Waals surface area contributed by atoms with Crippen LogP contribution < -0.4 is 0 Å². The predicted molar refractivity (Wildman–Crippen MR) is 71.5 cm³/mol. The monoisotopic (exact) mass is 230 g/mol. The van der Waals surface area contributed by atoms with E-state index in [-0.39, 0.29) is 0 Å². The van der Waals surface area contributed by atoms with Gasteiger partial charge in [0.05, 0.1) is 0 Å². The van der Waals surface area contributed by atoms with Crippen molar-refractivity contribution in [3.8, 4) is 0 Å². The molecule has 0 spiro atoms. The van der Waals surface area contributed by atoms with E-state index in [1.165, 1.54) is 11.1 Å². The first-order chi connectivity index (χ1) is 7.77. The average Bonchev–Trinajstić information content (AvgIpc) is 2.26. The fourth-order valence-corrected chi connectivity index (χ4v) is 2.02. The van der Waals surface area contributed by atoms with E-state index in [2.05, 4.69) is 55.5 Å². The molecule has 0 unspecified atom stereocenters. The number of hydrogen-bond acceptors (Lipinski definition) is 0. The molecule has 1 aliphatic carbocycles. The molecular formula is C15H15Cl. The SMILES string of the molecule is Cc1ccc(C2=CC/C=C\CC=C2Cl)cc1. The highest BCUT2D eigenvalue weighted by atomic mass is 35.5. The van der Waals surface area contributed by atoms with E-state index in [9.17, 15) is 0 Å². The van der Waals surface area contributed by atoms with Gasteiger partial charge in [0.2, 0.25) is 0 Å². The van der Waals surface area contributed by atoms with E-state index in [1.807, 2.05) is 0 Å². The Morgan fingerprint density at radius 3 is 2.25 bits per heavy atom. The quantitative estimate of drug-likeness (QED) is 0.605. The Morgan fingerprint density at radius 2 is 1.56 bits per heavy atom. The highest BCUT2D eigenvalue weighted by molar-refractivity contribution is 6.37. The summed E-state index contributed by atoms with van der Waals surface area (Å²) in [6, 6.07) is 8.50. The van der Waals surface area contributed by atoms with Gasteiger partial charge in [-0.3, -0.25) is 0 Å². The summed E-state index contributed by atoms with van der Waals surface area (Å²) in [5.74, 6) is 0. The predicted octanol–water partition coefficient (Wildman–Crippen LogP) is 4.85. The van der Waals surface area contributed by atoms with Gasteiger partial charge in [0, 0.05) is 5.03 Å². The molecule has 0 heterocycles. The maximum Gasteiger partial charge on any atom is 0.0444 e. The van der Waals surface area contributed by atoms with Crippen LogP contribution >= 0.6 is 11.6 Å². The summed E-state index contributed by atoms with van der Waals surface area (Å²) in [6.45, 7) is 2.09. The molecule has 0 nitrogen and oxygen atoms in total. The Bertz CT molecular complexity index is 447. The van der Waals surface area contributed by atoms with E-state index in [0.29, 0.717) is 0 Å². The average molecular weight is 231 g/mol. The topological polar surface area (TPSA) is 0 Å². The molecule has 82 valence electrons. The minimum atomic E-state index is 0.855. The summed E-state index contributed by atoms with van der Waals surface area (Å²) in [4.78, 5) is 0. The number of hydrogen-bond donors (Lipinski definition) is 0. The number of halogens is 1. The standard InChI is InChI=1S/C15H15Cl/c1-12-8-10-13(11-9-12)14-6-4-2-3-5-7-15(14)16/h2-3,6-11H,4-5H2,1H3/b3-2-,14-6?,15-7?. The molecule has 0 radical (unpaired) electrons. The zero-order valence-electron chi connectivity index (χ0n) is 9.41. The molecule has 0 saturated heterocycles. The van der Waals surface area contributed by atoms with Gasteiger partial charge in [-0.1, -0.05) is 65.7 Å². The van der Waals surface area contributed by atoms with Gasteiger partial charge >= 0.3 is 0 Å². The van der Waals surface area contributed by atoms with Crippen molar-refractivity contribution < 1.29 is 0 Å². The van der Waals surface area contributed by atoms with Gasteiger partial charge in [-0.25, -0.2) is 0 Å². The van der Waals surface area contributed by atoms with Crippen LogP contribution in [0.25, 0.3) is 5.57 Å². The van der Waals surface area contributed by atoms with Crippen molar-refractivity contribution in [2.24, 2.45) is 0 Å². The van der Waals surface area contributed by atoms with Crippen molar-refractivity contribution in [2.75, 3.05) is 0 Å². The van der Waals surface area contributed by atoms with E-state index < -0.39 is 0 Å². The summed E-state index contributed by atoms with van der Waals surface area (Å²) in [5, 5.41) is 0.855. The second kappa shape index (κ2) is 5.18. The van der Waals surface area contributed by atoms with E-state index in [1.54, 1.807) is 0 Å². The van der Waals surface area contributed by atoms with E-state index >= 15 is 0 Å². The van der Waals surface area contributed by atoms with Crippen LogP contribution in [0.2, 0.25) is 0 Å². The normalized spacial score (nSPS) is 18.1. The van der Waals surface area contributed by atoms with Gasteiger partial charge in [0.1, 0.15) is 0 Å². The molecule has 0 bridgehead atoms. The highest BCUT2D eigenvalue weighted by Crippen LogP contribution is 2.28. The van der Waals surface area contributed by atoms with Gasteiger partial charge in [0.15, 0.2) is 0 Å². The molecule has 1 heteroatoms. The van der Waals surface area contributed by atoms with Crippen molar-refractivity contribution in [2.45, 2.75) is 19.8 Å². The Balaban J connectivity index is 2.37. The van der Waals surface area contributed by atoms with Crippen LogP contribution in [0, 0.1) is 6.92 Å². The van der Waals surface area contributed by atoms with Gasteiger partial charge < -0.3 is 0 Å². The molecule has 0 N–H and O–H groups in total. The number of rotatable bonds is 1. The molecule has 1 aromatic rings. The third-order valence-electron chi connectivity index (χ3n) is 2.68. The molecule has 1 aliphatic rings. The van der Waals surface area contributed by atoms with Crippen LogP contribution in [0.4, 0.5) is 0 Å². The molecule has 0 aromatic heterocycles. The largest absolute Gasteiger partial charge is 0.0844 e. The van der Waals surface area contributed by atoms with E-state index in [0.717, 1.165) is 23.4 Å². The van der Waals surface area contributed by atoms with Crippen molar-refractivity contribution >= 4 is 17.2 Å². The third-order valence-corrected chi connectivity index (χ3v) is 3.04. The first-order valence-electron chi connectivity index (χ1n) is 5.55. The number of aryl methyl sites for hydroxylation is 1. The molecule has 16 heavy (non-hydrogen) atoms. The summed E-state index contributed by atoms with van der Waals surface area (Å²) < 4.78 is 0. The van der Waals surface area contributed by atoms with Gasteiger partial charge in [0.25, 0.3) is 0 Å². The van der Waals surface area contributed by atoms with Crippen LogP contribution in [-0.4, -0.2) is 0 Å². The van der Waals surface area contributed by atoms with Crippen molar-refractivity contribution in [1.82, 2.24) is 0 Å². The van der Waals surface area contributed by atoms with Crippen LogP contribution in [-0.2, 0) is 0 Å². The zero-order chi connectivity index (χ0) is 11.4. The lowest BCUT2D eigenvalue weighted by Gasteiger charge is -2.08. The summed E-state index contributed by atoms with van der Waals surface area (Å²) in [6.07, 6.45) is 10.4. The molecule has 2 rings (SSSR count). The number of allylic oxidation sites excluding steroid dienone is 6. The van der Waals surface area contributed by atoms with Gasteiger partial charge in [-0.05, 0) is 30.9 Å². The second-order valence-electron chi connectivity index (χ2n) is 3.98. The maximum absolute atomic E-state index is 6.29. The Hall–Kier alpha value is -1.27. The van der Waals surface area contributed by atoms with Crippen LogP contribution in [0.1, 0.15) is 24.0 Å². The molecule has 0 fully saturated rings. The number of benzene rings is 1. The van der Waals surface area contributed by atoms with Gasteiger partial charge in [-0.15, -0.1) is 0 Å². The molecule has 0 aliphatic heterocycles. The smallest absolute Gasteiger partial charge is 0.0444 e. The van der Waals surface area contributed by atoms with Crippen molar-refractivity contribution in [1.29, 1.82) is 0 Å². The van der Waals surface area contributed by atoms with Gasteiger partial charge in [-0.2, -0.15) is 0 Å². The molecule has 1 aromatic carbocycles. The lowest BCUT2D eigenvalue weighted by molar-refractivity contribution is 1.29. The fourth-order valence-electron chi connectivity index (χ4n) is 1.75.